The van der Waals surface area contributed by atoms with Crippen molar-refractivity contribution in [3.05, 3.63) is 24.0 Å². The third-order valence-corrected chi connectivity index (χ3v) is 2.43. The van der Waals surface area contributed by atoms with Crippen LogP contribution in [0, 0.1) is 0 Å². The molecule has 0 unspecified atom stereocenters. The van der Waals surface area contributed by atoms with Gasteiger partial charge >= 0.3 is 0 Å². The molecule has 4 nitrogen and oxygen atoms in total. The van der Waals surface area contributed by atoms with E-state index in [1.807, 2.05) is 19.2 Å². The van der Waals surface area contributed by atoms with Crippen molar-refractivity contribution in [1.82, 2.24) is 15.2 Å². The molecule has 0 atom stereocenters. The number of carbonyl (C=O) groups excluding carboxylic acids is 1. The highest BCUT2D eigenvalue weighted by atomic mass is 16.1. The third-order valence-electron chi connectivity index (χ3n) is 2.43. The molecule has 1 heterocycles. The molecule has 0 bridgehead atoms. The number of nitrogens with one attached hydrogen (secondary N) is 2. The van der Waals surface area contributed by atoms with Crippen molar-refractivity contribution in [2.75, 3.05) is 13.1 Å². The van der Waals surface area contributed by atoms with Gasteiger partial charge in [0, 0.05) is 37.9 Å². The zero-order chi connectivity index (χ0) is 11.8. The Morgan fingerprint density at radius 3 is 2.88 bits per heavy atom. The molecule has 0 aliphatic heterocycles. The summed E-state index contributed by atoms with van der Waals surface area (Å²) >= 11 is 0. The molecule has 1 rings (SSSR count). The topological polar surface area (TPSA) is 46.1 Å². The van der Waals surface area contributed by atoms with Crippen molar-refractivity contribution in [3.8, 4) is 0 Å². The molecular formula is C12H21N3O. The van der Waals surface area contributed by atoms with Crippen LogP contribution >= 0.6 is 0 Å². The van der Waals surface area contributed by atoms with E-state index in [4.69, 9.17) is 0 Å². The first-order chi connectivity index (χ1) is 7.77. The zero-order valence-corrected chi connectivity index (χ0v) is 10.1. The lowest BCUT2D eigenvalue weighted by Crippen LogP contribution is -2.24. The molecule has 4 heteroatoms. The summed E-state index contributed by atoms with van der Waals surface area (Å²) in [4.78, 5) is 11.3. The minimum absolute atomic E-state index is 0.116. The number of hydrogen-bond donors (Lipinski definition) is 2. The molecule has 0 saturated carbocycles. The Labute approximate surface area is 97.0 Å². The van der Waals surface area contributed by atoms with Crippen molar-refractivity contribution >= 4 is 5.91 Å². The molecule has 0 aromatic carbocycles. The second-order valence-electron chi connectivity index (χ2n) is 3.68. The largest absolute Gasteiger partial charge is 0.356 e. The van der Waals surface area contributed by atoms with Crippen LogP contribution < -0.4 is 10.6 Å². The van der Waals surface area contributed by atoms with E-state index in [-0.39, 0.29) is 5.91 Å². The van der Waals surface area contributed by atoms with Crippen molar-refractivity contribution in [3.63, 3.8) is 0 Å². The Hall–Kier alpha value is -1.29. The molecule has 1 aromatic heterocycles. The second-order valence-corrected chi connectivity index (χ2v) is 3.68. The zero-order valence-electron chi connectivity index (χ0n) is 10.1. The lowest BCUT2D eigenvalue weighted by molar-refractivity contribution is -0.121. The van der Waals surface area contributed by atoms with Crippen molar-refractivity contribution < 1.29 is 4.79 Å². The normalized spacial score (nSPS) is 10.4. The van der Waals surface area contributed by atoms with Gasteiger partial charge in [-0.1, -0.05) is 6.92 Å². The van der Waals surface area contributed by atoms with E-state index >= 15 is 0 Å². The maximum absolute atomic E-state index is 11.3. The van der Waals surface area contributed by atoms with Gasteiger partial charge in [-0.05, 0) is 25.6 Å². The molecule has 1 aromatic rings. The van der Waals surface area contributed by atoms with Gasteiger partial charge in [0.2, 0.25) is 5.91 Å². The molecule has 0 saturated heterocycles. The van der Waals surface area contributed by atoms with E-state index in [1.54, 1.807) is 0 Å². The lowest BCUT2D eigenvalue weighted by atomic mass is 10.3. The molecule has 2 N–H and O–H groups in total. The van der Waals surface area contributed by atoms with E-state index in [0.717, 1.165) is 19.6 Å². The fraction of sp³-hybridized carbons (Fsp3) is 0.583. The van der Waals surface area contributed by atoms with Gasteiger partial charge in [-0.3, -0.25) is 4.79 Å². The fourth-order valence-corrected chi connectivity index (χ4v) is 1.59. The highest BCUT2D eigenvalue weighted by Gasteiger charge is 2.03. The minimum Gasteiger partial charge on any atom is -0.356 e. The smallest absolute Gasteiger partial charge is 0.221 e. The monoisotopic (exact) mass is 223 g/mol. The molecule has 0 aliphatic rings. The first-order valence-corrected chi connectivity index (χ1v) is 5.89. The summed E-state index contributed by atoms with van der Waals surface area (Å²) < 4.78 is 2.12. The van der Waals surface area contributed by atoms with Gasteiger partial charge in [-0.2, -0.15) is 0 Å². The first-order valence-electron chi connectivity index (χ1n) is 5.89. The molecule has 0 radical (unpaired) electrons. The van der Waals surface area contributed by atoms with Crippen molar-refractivity contribution in [2.45, 2.75) is 33.4 Å². The summed E-state index contributed by atoms with van der Waals surface area (Å²) in [6, 6.07) is 4.10. The first kappa shape index (κ1) is 12.8. The van der Waals surface area contributed by atoms with Crippen LogP contribution in [0.15, 0.2) is 18.3 Å². The summed E-state index contributed by atoms with van der Waals surface area (Å²) in [6.07, 6.45) is 2.56. The van der Waals surface area contributed by atoms with E-state index in [9.17, 15) is 4.79 Å². The van der Waals surface area contributed by atoms with E-state index in [0.29, 0.717) is 13.0 Å². The summed E-state index contributed by atoms with van der Waals surface area (Å²) in [5, 5.41) is 6.09. The lowest BCUT2D eigenvalue weighted by Gasteiger charge is -2.09. The van der Waals surface area contributed by atoms with Gasteiger partial charge in [-0.25, -0.2) is 0 Å². The van der Waals surface area contributed by atoms with Gasteiger partial charge < -0.3 is 15.2 Å². The summed E-state index contributed by atoms with van der Waals surface area (Å²) in [7, 11) is 0. The molecule has 1 amide bonds. The highest BCUT2D eigenvalue weighted by Crippen LogP contribution is 2.03. The minimum atomic E-state index is 0.116. The molecule has 0 aliphatic carbocycles. The average Bonchev–Trinajstić information content (AvgIpc) is 2.71. The number of hydrogen-bond acceptors (Lipinski definition) is 2. The average molecular weight is 223 g/mol. The van der Waals surface area contributed by atoms with E-state index < -0.39 is 0 Å². The second kappa shape index (κ2) is 7.06. The molecular weight excluding hydrogens is 202 g/mol. The van der Waals surface area contributed by atoms with Crippen LogP contribution in [-0.4, -0.2) is 23.6 Å². The van der Waals surface area contributed by atoms with Gasteiger partial charge in [-0.15, -0.1) is 0 Å². The SMILES string of the molecule is CCNCc1cccn1CCC(=O)NCC. The summed E-state index contributed by atoms with van der Waals surface area (Å²) in [5.74, 6) is 0.116. The van der Waals surface area contributed by atoms with Gasteiger partial charge in [0.05, 0.1) is 0 Å². The van der Waals surface area contributed by atoms with Crippen LogP contribution in [-0.2, 0) is 17.9 Å². The van der Waals surface area contributed by atoms with Gasteiger partial charge in [0.1, 0.15) is 0 Å². The van der Waals surface area contributed by atoms with Crippen LogP contribution in [0.25, 0.3) is 0 Å². The van der Waals surface area contributed by atoms with Gasteiger partial charge in [0.15, 0.2) is 0 Å². The quantitative estimate of drug-likeness (QED) is 0.727. The number of carbonyl (C=O) groups is 1. The van der Waals surface area contributed by atoms with Crippen molar-refractivity contribution in [2.24, 2.45) is 0 Å². The maximum atomic E-state index is 11.3. The van der Waals surface area contributed by atoms with E-state index in [1.165, 1.54) is 5.69 Å². The molecule has 90 valence electrons. The van der Waals surface area contributed by atoms with Crippen molar-refractivity contribution in [1.29, 1.82) is 0 Å². The Bertz CT molecular complexity index is 320. The van der Waals surface area contributed by atoms with Crippen LogP contribution in [0.3, 0.4) is 0 Å². The Balaban J connectivity index is 2.41. The van der Waals surface area contributed by atoms with Crippen LogP contribution in [0.2, 0.25) is 0 Å². The number of nitrogens with zero attached hydrogens (tertiary/aromatic N) is 1. The third kappa shape index (κ3) is 4.06. The summed E-state index contributed by atoms with van der Waals surface area (Å²) in [6.45, 7) is 7.29. The number of rotatable bonds is 7. The van der Waals surface area contributed by atoms with Crippen LogP contribution in [0.4, 0.5) is 0 Å². The fourth-order valence-electron chi connectivity index (χ4n) is 1.59. The number of amides is 1. The Kier molecular flexibility index (Phi) is 5.64. The predicted molar refractivity (Wildman–Crippen MR) is 65.1 cm³/mol. The standard InChI is InChI=1S/C12H21N3O/c1-3-13-10-11-6-5-8-15(11)9-7-12(16)14-4-2/h5-6,8,13H,3-4,7,9-10H2,1-2H3,(H,14,16). The predicted octanol–water partition coefficient (Wildman–Crippen LogP) is 1.12. The van der Waals surface area contributed by atoms with E-state index in [2.05, 4.69) is 28.2 Å². The molecule has 0 spiro atoms. The Morgan fingerprint density at radius 2 is 2.19 bits per heavy atom. The molecule has 0 fully saturated rings. The highest BCUT2D eigenvalue weighted by molar-refractivity contribution is 5.75. The van der Waals surface area contributed by atoms with Gasteiger partial charge in [0.25, 0.3) is 0 Å². The summed E-state index contributed by atoms with van der Waals surface area (Å²) in [5.41, 5.74) is 1.23. The number of aryl methyl sites for hydroxylation is 1. The number of aromatic nitrogens is 1. The van der Waals surface area contributed by atoms with Crippen LogP contribution in [0.1, 0.15) is 26.0 Å². The molecule has 16 heavy (non-hydrogen) atoms. The Morgan fingerprint density at radius 1 is 1.38 bits per heavy atom. The maximum Gasteiger partial charge on any atom is 0.221 e. The van der Waals surface area contributed by atoms with Crippen LogP contribution in [0.5, 0.6) is 0 Å².